The van der Waals surface area contributed by atoms with Crippen molar-refractivity contribution >= 4 is 5.97 Å². The molecule has 0 aliphatic carbocycles. The number of rotatable bonds is 12. The van der Waals surface area contributed by atoms with Gasteiger partial charge in [0.2, 0.25) is 0 Å². The Morgan fingerprint density at radius 3 is 1.94 bits per heavy atom. The third-order valence-corrected chi connectivity index (χ3v) is 2.90. The second-order valence-electron chi connectivity index (χ2n) is 4.66. The van der Waals surface area contributed by atoms with Crippen molar-refractivity contribution in [2.45, 2.75) is 83.3 Å². The van der Waals surface area contributed by atoms with Crippen LogP contribution in [0.1, 0.15) is 73.9 Å². The molecule has 4 nitrogen and oxygen atoms in total. The van der Waals surface area contributed by atoms with E-state index in [1.165, 1.54) is 0 Å². The topological polar surface area (TPSA) is 77.8 Å². The molecule has 0 spiro atoms. The number of aliphatic carboxylic acids is 1. The molecule has 3 N–H and O–H groups in total. The molecule has 0 aliphatic rings. The van der Waals surface area contributed by atoms with Gasteiger partial charge in [-0.25, -0.2) is 0 Å². The zero-order chi connectivity index (χ0) is 15.6. The van der Waals surface area contributed by atoms with Crippen LogP contribution in [-0.2, 0) is 4.79 Å². The Morgan fingerprint density at radius 1 is 1.00 bits per heavy atom. The lowest BCUT2D eigenvalue weighted by Crippen LogP contribution is -2.25. The van der Waals surface area contributed by atoms with Crippen molar-refractivity contribution in [3.8, 4) is 0 Å². The molecule has 18 heavy (non-hydrogen) atoms. The maximum absolute atomic E-state index is 10.3. The monoisotopic (exact) mass is 262 g/mol. The van der Waals surface area contributed by atoms with Crippen LogP contribution in [0.4, 0.5) is 0 Å². The largest absolute Gasteiger partial charge is 0.481 e. The fraction of sp³-hybridized carbons (Fsp3) is 0.929. The first-order valence-corrected chi connectivity index (χ1v) is 6.89. The second-order valence-corrected chi connectivity index (χ2v) is 4.66. The Balaban J connectivity index is 4.01. The molecule has 0 aliphatic heterocycles. The number of carboxylic acid groups (broad SMARTS) is 1. The molecule has 0 rings (SSSR count). The first-order valence-electron chi connectivity index (χ1n) is 7.89. The molecule has 4 heteroatoms. The van der Waals surface area contributed by atoms with Gasteiger partial charge in [0.1, 0.15) is 0 Å². The van der Waals surface area contributed by atoms with Crippen molar-refractivity contribution in [2.24, 2.45) is 0 Å². The van der Waals surface area contributed by atoms with Gasteiger partial charge in [0.15, 0.2) is 0 Å². The Hall–Kier alpha value is -0.610. The molecule has 0 aromatic heterocycles. The summed E-state index contributed by atoms with van der Waals surface area (Å²) in [7, 11) is 0. The van der Waals surface area contributed by atoms with Gasteiger partial charge in [0, 0.05) is 6.42 Å². The number of hydrogen-bond acceptors (Lipinski definition) is 3. The van der Waals surface area contributed by atoms with E-state index in [4.69, 9.17) is 7.85 Å². The molecule has 0 aromatic carbocycles. The molecule has 0 amide bonds. The van der Waals surface area contributed by atoms with E-state index in [9.17, 15) is 15.0 Å². The maximum Gasteiger partial charge on any atom is 0.303 e. The summed E-state index contributed by atoms with van der Waals surface area (Å²) in [6.07, 6.45) is 0.839. The minimum Gasteiger partial charge on any atom is -0.481 e. The smallest absolute Gasteiger partial charge is 0.303 e. The fourth-order valence-electron chi connectivity index (χ4n) is 1.75. The third kappa shape index (κ3) is 10.5. The Morgan fingerprint density at radius 2 is 1.50 bits per heavy atom. The van der Waals surface area contributed by atoms with Crippen LogP contribution in [-0.4, -0.2) is 33.4 Å². The van der Waals surface area contributed by atoms with Gasteiger partial charge < -0.3 is 15.3 Å². The summed E-state index contributed by atoms with van der Waals surface area (Å²) in [6.45, 7) is 2.06. The predicted molar refractivity (Wildman–Crippen MR) is 71.5 cm³/mol. The lowest BCUT2D eigenvalue weighted by molar-refractivity contribution is -0.137. The van der Waals surface area contributed by atoms with Crippen LogP contribution >= 0.6 is 0 Å². The molecule has 108 valence electrons. The van der Waals surface area contributed by atoms with Crippen molar-refractivity contribution in [2.75, 3.05) is 0 Å². The molecule has 0 aromatic rings. The van der Waals surface area contributed by atoms with E-state index in [0.717, 1.165) is 19.3 Å². The number of carboxylic acids is 1. The predicted octanol–water partition coefficient (Wildman–Crippen LogP) is 2.71. The number of unbranched alkanes of at least 4 members (excludes halogenated alkanes) is 5. The Bertz CT molecular complexity index is 280. The molecule has 0 heterocycles. The Kier molecular flexibility index (Phi) is 8.81. The zero-order valence-corrected chi connectivity index (χ0v) is 11.3. The van der Waals surface area contributed by atoms with Crippen LogP contribution in [0.5, 0.6) is 0 Å². The van der Waals surface area contributed by atoms with Gasteiger partial charge in [-0.05, 0) is 19.3 Å². The zero-order valence-electron chi connectivity index (χ0n) is 13.3. The second kappa shape index (κ2) is 11.5. The number of carbonyl (C=O) groups is 1. The molecule has 2 atom stereocenters. The fourth-order valence-corrected chi connectivity index (χ4v) is 1.75. The van der Waals surface area contributed by atoms with Gasteiger partial charge in [-0.2, -0.15) is 0 Å². The molecular formula is C14H28O4. The third-order valence-electron chi connectivity index (χ3n) is 2.90. The summed E-state index contributed by atoms with van der Waals surface area (Å²) in [6, 6.07) is 0. The maximum atomic E-state index is 10.3. The highest BCUT2D eigenvalue weighted by atomic mass is 16.4. The van der Waals surface area contributed by atoms with Crippen molar-refractivity contribution in [1.29, 1.82) is 0 Å². The van der Waals surface area contributed by atoms with Gasteiger partial charge in [0.05, 0.1) is 14.9 Å². The van der Waals surface area contributed by atoms with Crippen LogP contribution in [0.15, 0.2) is 0 Å². The summed E-state index contributed by atoms with van der Waals surface area (Å²) in [4.78, 5) is 10.3. The van der Waals surface area contributed by atoms with Crippen molar-refractivity contribution in [3.05, 3.63) is 0 Å². The summed E-state index contributed by atoms with van der Waals surface area (Å²) < 4.78 is 15.5. The molecule has 0 unspecified atom stereocenters. The number of hydrogen-bond donors (Lipinski definition) is 3. The van der Waals surface area contributed by atoms with Crippen molar-refractivity contribution in [3.63, 3.8) is 0 Å². The minimum atomic E-state index is -2.19. The van der Waals surface area contributed by atoms with Crippen molar-refractivity contribution < 1.29 is 22.9 Å². The van der Waals surface area contributed by atoms with Crippen LogP contribution < -0.4 is 0 Å². The van der Waals surface area contributed by atoms with E-state index in [0.29, 0.717) is 25.7 Å². The normalized spacial score (nSPS) is 19.5. The van der Waals surface area contributed by atoms with E-state index in [-0.39, 0.29) is 19.3 Å². The highest BCUT2D eigenvalue weighted by Gasteiger charge is 2.15. The van der Waals surface area contributed by atoms with E-state index in [2.05, 4.69) is 6.92 Å². The first-order chi connectivity index (χ1) is 9.23. The molecule has 0 radical (unpaired) electrons. The average Bonchev–Trinajstić information content (AvgIpc) is 2.33. The van der Waals surface area contributed by atoms with Gasteiger partial charge in [-0.1, -0.05) is 45.4 Å². The van der Waals surface area contributed by atoms with Gasteiger partial charge in [-0.3, -0.25) is 4.79 Å². The number of aliphatic hydroxyl groups is 2. The van der Waals surface area contributed by atoms with E-state index < -0.39 is 18.1 Å². The average molecular weight is 262 g/mol. The summed E-state index contributed by atoms with van der Waals surface area (Å²) in [5.74, 6) is -0.862. The van der Waals surface area contributed by atoms with E-state index in [1.807, 2.05) is 0 Å². The molecule has 0 fully saturated rings. The van der Waals surface area contributed by atoms with Crippen LogP contribution in [0.3, 0.4) is 0 Å². The summed E-state index contributed by atoms with van der Waals surface area (Å²) in [5, 5.41) is 28.3. The lowest BCUT2D eigenvalue weighted by Gasteiger charge is -2.17. The van der Waals surface area contributed by atoms with Crippen LogP contribution in [0.25, 0.3) is 0 Å². The molecule has 0 saturated heterocycles. The van der Waals surface area contributed by atoms with Gasteiger partial charge in [0.25, 0.3) is 0 Å². The van der Waals surface area contributed by atoms with Gasteiger partial charge in [-0.15, -0.1) is 0 Å². The summed E-state index contributed by atoms with van der Waals surface area (Å²) >= 11 is 0. The quantitative estimate of drug-likeness (QED) is 0.473. The summed E-state index contributed by atoms with van der Waals surface area (Å²) in [5.41, 5.74) is 0. The molecule has 0 bridgehead atoms. The van der Waals surface area contributed by atoms with Gasteiger partial charge >= 0.3 is 5.97 Å². The highest BCUT2D eigenvalue weighted by molar-refractivity contribution is 5.66. The SMILES string of the molecule is [2H][C@](O)(CCCCCC(=O)O)[C@]([2H])(O)CCCCCC. The van der Waals surface area contributed by atoms with Crippen molar-refractivity contribution in [1.82, 2.24) is 0 Å². The molecular weight excluding hydrogens is 232 g/mol. The standard InChI is InChI=1S/C14H28O4/c1-2-3-4-6-9-12(15)13(16)10-7-5-8-11-14(17)18/h12-13,15-16H,2-11H2,1H3,(H,17,18)/t12-,13+/m1/s1/i12D,13D. The van der Waals surface area contributed by atoms with E-state index in [1.54, 1.807) is 0 Å². The van der Waals surface area contributed by atoms with E-state index >= 15 is 0 Å². The first kappa shape index (κ1) is 13.8. The minimum absolute atomic E-state index is 0.0135. The molecule has 0 saturated carbocycles. The van der Waals surface area contributed by atoms with Crippen LogP contribution in [0, 0.1) is 0 Å². The lowest BCUT2D eigenvalue weighted by atomic mass is 10.0. The van der Waals surface area contributed by atoms with Crippen LogP contribution in [0.2, 0.25) is 0 Å². The Labute approximate surface area is 113 Å². The highest BCUT2D eigenvalue weighted by Crippen LogP contribution is 2.13.